The highest BCUT2D eigenvalue weighted by atomic mass is 19.4. The van der Waals surface area contributed by atoms with Crippen LogP contribution in [0.25, 0.3) is 16.9 Å². The molecule has 34 heavy (non-hydrogen) atoms. The lowest BCUT2D eigenvalue weighted by atomic mass is 9.81. The zero-order chi connectivity index (χ0) is 24.5. The van der Waals surface area contributed by atoms with Crippen molar-refractivity contribution < 1.29 is 32.6 Å². The zero-order valence-corrected chi connectivity index (χ0v) is 17.9. The SMILES string of the molecule is CCOC(=O)[C@H]1[C@@H](c2cn(-c3ccccc3)nc2-c2ccccc2)NC(=O)N[C@@]1(O)C(F)(F)F. The molecule has 1 aliphatic heterocycles. The Bertz CT molecular complexity index is 1180. The summed E-state index contributed by atoms with van der Waals surface area (Å²) < 4.78 is 48.3. The van der Waals surface area contributed by atoms with Crippen molar-refractivity contribution in [1.82, 2.24) is 20.4 Å². The Morgan fingerprint density at radius 2 is 1.76 bits per heavy atom. The molecule has 0 unspecified atom stereocenters. The molecule has 2 aromatic carbocycles. The van der Waals surface area contributed by atoms with Gasteiger partial charge >= 0.3 is 18.2 Å². The number of para-hydroxylation sites is 1. The number of carbonyl (C=O) groups excluding carboxylic acids is 2. The first-order chi connectivity index (χ1) is 16.2. The lowest BCUT2D eigenvalue weighted by molar-refractivity contribution is -0.294. The standard InChI is InChI=1S/C23H21F3N4O4/c1-2-34-20(31)17-19(27-21(32)28-22(17,33)23(24,25)26)16-13-30(15-11-7-4-8-12-15)29-18(16)14-9-5-3-6-10-14/h3-13,17,19,33H,2H2,1H3,(H2,27,28,32)/t17-,19-,22+/m1/s1. The smallest absolute Gasteiger partial charge is 0.437 e. The van der Waals surface area contributed by atoms with Crippen molar-refractivity contribution in [3.05, 3.63) is 72.4 Å². The van der Waals surface area contributed by atoms with E-state index in [9.17, 15) is 27.9 Å². The normalized spacial score (nSPS) is 22.6. The molecule has 11 heteroatoms. The van der Waals surface area contributed by atoms with Gasteiger partial charge in [0.2, 0.25) is 0 Å². The summed E-state index contributed by atoms with van der Waals surface area (Å²) in [6.07, 6.45) is -3.94. The van der Waals surface area contributed by atoms with Crippen LogP contribution >= 0.6 is 0 Å². The number of hydrogen-bond donors (Lipinski definition) is 3. The number of nitrogens with zero attached hydrogens (tertiary/aromatic N) is 2. The molecule has 0 bridgehead atoms. The number of aromatic nitrogens is 2. The van der Waals surface area contributed by atoms with Gasteiger partial charge < -0.3 is 20.5 Å². The number of carbonyl (C=O) groups is 2. The van der Waals surface area contributed by atoms with Gasteiger partial charge in [-0.25, -0.2) is 9.48 Å². The second-order valence-corrected chi connectivity index (χ2v) is 7.65. The van der Waals surface area contributed by atoms with E-state index in [2.05, 4.69) is 10.4 Å². The highest BCUT2D eigenvalue weighted by molar-refractivity contribution is 5.84. The van der Waals surface area contributed by atoms with Crippen LogP contribution in [0.5, 0.6) is 0 Å². The Morgan fingerprint density at radius 1 is 1.15 bits per heavy atom. The second kappa shape index (κ2) is 8.82. The maximum atomic E-state index is 14.0. The van der Waals surface area contributed by atoms with Crippen molar-refractivity contribution >= 4 is 12.0 Å². The van der Waals surface area contributed by atoms with Gasteiger partial charge in [0.25, 0.3) is 5.72 Å². The molecule has 178 valence electrons. The number of amides is 2. The summed E-state index contributed by atoms with van der Waals surface area (Å²) >= 11 is 0. The fourth-order valence-electron chi connectivity index (χ4n) is 3.94. The highest BCUT2D eigenvalue weighted by Gasteiger charge is 2.67. The highest BCUT2D eigenvalue weighted by Crippen LogP contribution is 2.45. The minimum Gasteiger partial charge on any atom is -0.466 e. The van der Waals surface area contributed by atoms with E-state index in [-0.39, 0.29) is 17.9 Å². The third kappa shape index (κ3) is 4.10. The van der Waals surface area contributed by atoms with Crippen molar-refractivity contribution in [1.29, 1.82) is 0 Å². The summed E-state index contributed by atoms with van der Waals surface area (Å²) in [6, 6.07) is 14.5. The number of esters is 1. The van der Waals surface area contributed by atoms with Crippen molar-refractivity contribution in [2.75, 3.05) is 6.61 Å². The minimum atomic E-state index is -5.37. The van der Waals surface area contributed by atoms with Crippen molar-refractivity contribution in [3.8, 4) is 16.9 Å². The fourth-order valence-corrected chi connectivity index (χ4v) is 3.94. The average Bonchev–Trinajstić information content (AvgIpc) is 3.24. The zero-order valence-electron chi connectivity index (χ0n) is 17.9. The van der Waals surface area contributed by atoms with Crippen LogP contribution in [0.15, 0.2) is 66.9 Å². The lowest BCUT2D eigenvalue weighted by Crippen LogP contribution is -2.73. The quantitative estimate of drug-likeness (QED) is 0.492. The number of halogens is 3. The molecule has 3 N–H and O–H groups in total. The first-order valence-electron chi connectivity index (χ1n) is 10.4. The Morgan fingerprint density at radius 3 is 2.35 bits per heavy atom. The van der Waals surface area contributed by atoms with Crippen LogP contribution in [0.3, 0.4) is 0 Å². The van der Waals surface area contributed by atoms with Gasteiger partial charge in [-0.3, -0.25) is 4.79 Å². The van der Waals surface area contributed by atoms with E-state index in [4.69, 9.17) is 4.74 Å². The number of urea groups is 1. The van der Waals surface area contributed by atoms with Gasteiger partial charge in [-0.2, -0.15) is 18.3 Å². The lowest BCUT2D eigenvalue weighted by Gasteiger charge is -2.44. The molecule has 0 aliphatic carbocycles. The number of benzene rings is 2. The predicted octanol–water partition coefficient (Wildman–Crippen LogP) is 3.32. The van der Waals surface area contributed by atoms with Gasteiger partial charge in [0.05, 0.1) is 24.0 Å². The molecule has 4 rings (SSSR count). The molecule has 1 saturated heterocycles. The maximum Gasteiger partial charge on any atom is 0.437 e. The Labute approximate surface area is 192 Å². The van der Waals surface area contributed by atoms with Crippen LogP contribution in [-0.2, 0) is 9.53 Å². The van der Waals surface area contributed by atoms with Gasteiger partial charge in [0.15, 0.2) is 0 Å². The molecule has 1 aromatic heterocycles. The van der Waals surface area contributed by atoms with Crippen LogP contribution in [0.2, 0.25) is 0 Å². The van der Waals surface area contributed by atoms with Gasteiger partial charge in [-0.05, 0) is 19.1 Å². The number of alkyl halides is 3. The van der Waals surface area contributed by atoms with Crippen LogP contribution in [0.1, 0.15) is 18.5 Å². The molecular formula is C23H21F3N4O4. The largest absolute Gasteiger partial charge is 0.466 e. The summed E-state index contributed by atoms with van der Waals surface area (Å²) in [6.45, 7) is 1.20. The third-order valence-electron chi connectivity index (χ3n) is 5.49. The second-order valence-electron chi connectivity index (χ2n) is 7.65. The monoisotopic (exact) mass is 474 g/mol. The molecule has 0 saturated carbocycles. The summed E-state index contributed by atoms with van der Waals surface area (Å²) in [7, 11) is 0. The maximum absolute atomic E-state index is 14.0. The third-order valence-corrected chi connectivity index (χ3v) is 5.49. The minimum absolute atomic E-state index is 0.102. The molecule has 1 aliphatic rings. The van der Waals surface area contributed by atoms with Crippen molar-refractivity contribution in [3.63, 3.8) is 0 Å². The summed E-state index contributed by atoms with van der Waals surface area (Å²) in [5.74, 6) is -3.58. The van der Waals surface area contributed by atoms with E-state index >= 15 is 0 Å². The van der Waals surface area contributed by atoms with E-state index in [0.717, 1.165) is 0 Å². The first kappa shape index (κ1) is 23.3. The van der Waals surface area contributed by atoms with Crippen LogP contribution < -0.4 is 10.6 Å². The van der Waals surface area contributed by atoms with Gasteiger partial charge in [0.1, 0.15) is 5.92 Å². The Kier molecular flexibility index (Phi) is 6.05. The summed E-state index contributed by atoms with van der Waals surface area (Å²) in [5.41, 5.74) is -2.39. The van der Waals surface area contributed by atoms with Gasteiger partial charge in [-0.1, -0.05) is 48.5 Å². The van der Waals surface area contributed by atoms with Gasteiger partial charge in [-0.15, -0.1) is 0 Å². The molecule has 0 radical (unpaired) electrons. The van der Waals surface area contributed by atoms with E-state index in [1.165, 1.54) is 23.1 Å². The van der Waals surface area contributed by atoms with Crippen LogP contribution in [-0.4, -0.2) is 45.4 Å². The van der Waals surface area contributed by atoms with Crippen molar-refractivity contribution in [2.45, 2.75) is 24.9 Å². The van der Waals surface area contributed by atoms with E-state index < -0.39 is 35.9 Å². The molecule has 3 aromatic rings. The average molecular weight is 474 g/mol. The number of hydrogen-bond acceptors (Lipinski definition) is 5. The number of rotatable bonds is 5. The molecular weight excluding hydrogens is 453 g/mol. The number of nitrogens with one attached hydrogen (secondary N) is 2. The number of ether oxygens (including phenoxy) is 1. The first-order valence-corrected chi connectivity index (χ1v) is 10.4. The van der Waals surface area contributed by atoms with Crippen molar-refractivity contribution in [2.24, 2.45) is 5.92 Å². The molecule has 8 nitrogen and oxygen atoms in total. The topological polar surface area (TPSA) is 105 Å². The summed E-state index contributed by atoms with van der Waals surface area (Å²) in [5, 5.41) is 19.0. The predicted molar refractivity (Wildman–Crippen MR) is 115 cm³/mol. The van der Waals surface area contributed by atoms with E-state index in [1.54, 1.807) is 60.7 Å². The molecule has 1 fully saturated rings. The molecule has 0 spiro atoms. The molecule has 2 amide bonds. The molecule has 2 heterocycles. The Hall–Kier alpha value is -3.86. The summed E-state index contributed by atoms with van der Waals surface area (Å²) in [4.78, 5) is 25.1. The number of aliphatic hydroxyl groups is 1. The fraction of sp³-hybridized carbons (Fsp3) is 0.261. The van der Waals surface area contributed by atoms with E-state index in [0.29, 0.717) is 11.3 Å². The van der Waals surface area contributed by atoms with Crippen LogP contribution in [0, 0.1) is 5.92 Å². The Balaban J connectivity index is 1.93. The molecule has 3 atom stereocenters. The van der Waals surface area contributed by atoms with Gasteiger partial charge in [0, 0.05) is 17.3 Å². The van der Waals surface area contributed by atoms with E-state index in [1.807, 2.05) is 0 Å². The van der Waals surface area contributed by atoms with Crippen LogP contribution in [0.4, 0.5) is 18.0 Å².